The fourth-order valence-corrected chi connectivity index (χ4v) is 1.02. The molecule has 3 nitrogen and oxygen atoms in total. The fourth-order valence-electron chi connectivity index (χ4n) is 0.409. The van der Waals surface area contributed by atoms with Crippen LogP contribution in [-0.4, -0.2) is 13.2 Å². The van der Waals surface area contributed by atoms with Crippen molar-refractivity contribution in [1.29, 1.82) is 0 Å². The van der Waals surface area contributed by atoms with Crippen LogP contribution in [0.2, 0.25) is 0 Å². The Morgan fingerprint density at radius 1 is 1.50 bits per heavy atom. The third-order valence-electron chi connectivity index (χ3n) is 0.761. The van der Waals surface area contributed by atoms with E-state index in [0.717, 1.165) is 0 Å². The van der Waals surface area contributed by atoms with Crippen LogP contribution in [0.25, 0.3) is 0 Å². The molecule has 0 aromatic rings. The van der Waals surface area contributed by atoms with Gasteiger partial charge in [-0.3, -0.25) is 0 Å². The molecule has 0 amide bonds. The van der Waals surface area contributed by atoms with E-state index in [-0.39, 0.29) is 5.50 Å². The van der Waals surface area contributed by atoms with Gasteiger partial charge in [-0.2, -0.15) is 0 Å². The van der Waals surface area contributed by atoms with E-state index in [0.29, 0.717) is 13.2 Å². The maximum Gasteiger partial charge on any atom is 0.587 e. The molecule has 0 spiro atoms. The predicted octanol–water partition coefficient (Wildman–Crippen LogP) is 2.27. The number of hydrogen-bond acceptors (Lipinski definition) is 3. The Balaban J connectivity index is 3.60. The van der Waals surface area contributed by atoms with E-state index < -0.39 is 8.03 Å². The van der Waals surface area contributed by atoms with Gasteiger partial charge in [0.25, 0.3) is 0 Å². The Kier molecular flexibility index (Phi) is 5.17. The monoisotopic (exact) mass is 163 g/mol. The molecule has 0 aromatic heterocycles. The minimum Gasteiger partial charge on any atom is -0.457 e. The van der Waals surface area contributed by atoms with Crippen LogP contribution in [0.1, 0.15) is 13.8 Å². The molecule has 0 aliphatic heterocycles. The second-order valence-electron chi connectivity index (χ2n) is 1.50. The van der Waals surface area contributed by atoms with E-state index >= 15 is 0 Å². The lowest BCUT2D eigenvalue weighted by Gasteiger charge is -1.92. The predicted molar refractivity (Wildman–Crippen MR) is 40.0 cm³/mol. The van der Waals surface area contributed by atoms with Crippen LogP contribution in [0.5, 0.6) is 0 Å². The van der Waals surface area contributed by atoms with E-state index in [9.17, 15) is 4.57 Å². The number of rotatable bonds is 5. The molecular weight excluding hydrogens is 151 g/mol. The summed E-state index contributed by atoms with van der Waals surface area (Å²) in [6, 6.07) is 0. The summed E-state index contributed by atoms with van der Waals surface area (Å²) in [7, 11) is -1.81. The molecule has 0 fully saturated rings. The molecule has 1 atom stereocenters. The van der Waals surface area contributed by atoms with Gasteiger partial charge >= 0.3 is 13.5 Å². The molecule has 0 aliphatic rings. The van der Waals surface area contributed by atoms with Gasteiger partial charge in [0, 0.05) is 0 Å². The van der Waals surface area contributed by atoms with Crippen LogP contribution in [-0.2, 0) is 13.8 Å². The highest BCUT2D eigenvalue weighted by Crippen LogP contribution is 2.32. The summed E-state index contributed by atoms with van der Waals surface area (Å²) in [6.45, 7) is 7.91. The number of hydrogen-bond donors (Lipinski definition) is 0. The van der Waals surface area contributed by atoms with Gasteiger partial charge in [0.05, 0.1) is 6.61 Å². The fraction of sp³-hybridized carbons (Fsp3) is 0.667. The number of ether oxygens (including phenoxy) is 1. The van der Waals surface area contributed by atoms with E-state index in [4.69, 9.17) is 9.26 Å². The minimum atomic E-state index is -1.81. The van der Waals surface area contributed by atoms with Gasteiger partial charge in [-0.05, 0) is 25.0 Å². The van der Waals surface area contributed by atoms with Crippen molar-refractivity contribution in [2.45, 2.75) is 13.8 Å². The Morgan fingerprint density at radius 3 is 2.50 bits per heavy atom. The highest BCUT2D eigenvalue weighted by molar-refractivity contribution is 7.43. The summed E-state index contributed by atoms with van der Waals surface area (Å²) in [5.74, 6) is 0. The molecule has 0 saturated carbocycles. The molecule has 1 unspecified atom stereocenters. The first-order valence-electron chi connectivity index (χ1n) is 3.14. The molecule has 0 rings (SSSR count). The van der Waals surface area contributed by atoms with Gasteiger partial charge < -0.3 is 4.74 Å². The summed E-state index contributed by atoms with van der Waals surface area (Å²) in [5, 5.41) is 0. The second-order valence-corrected chi connectivity index (χ2v) is 2.77. The average molecular weight is 163 g/mol. The maximum atomic E-state index is 10.8. The van der Waals surface area contributed by atoms with E-state index in [1.807, 2.05) is 0 Å². The van der Waals surface area contributed by atoms with Crippen molar-refractivity contribution in [3.63, 3.8) is 0 Å². The lowest BCUT2D eigenvalue weighted by molar-refractivity contribution is 0.241. The van der Waals surface area contributed by atoms with Crippen LogP contribution in [0.3, 0.4) is 0 Å². The Labute approximate surface area is 61.9 Å². The summed E-state index contributed by atoms with van der Waals surface area (Å²) in [5.41, 5.74) is 0.222. The van der Waals surface area contributed by atoms with E-state index in [1.165, 1.54) is 0 Å². The zero-order valence-corrected chi connectivity index (χ0v) is 7.19. The molecule has 0 aromatic carbocycles. The zero-order valence-electron chi connectivity index (χ0n) is 6.29. The molecule has 0 aliphatic carbocycles. The van der Waals surface area contributed by atoms with Crippen molar-refractivity contribution in [2.75, 3.05) is 13.2 Å². The van der Waals surface area contributed by atoms with Gasteiger partial charge in [-0.1, -0.05) is 0 Å². The highest BCUT2D eigenvalue weighted by atomic mass is 31.1. The lowest BCUT2D eigenvalue weighted by atomic mass is 10.9. The Bertz CT molecular complexity index is 117. The molecule has 0 heterocycles. The quantitative estimate of drug-likeness (QED) is 0.460. The normalized spacial score (nSPS) is 10.8. The maximum absolute atomic E-state index is 10.8. The molecule has 0 radical (unpaired) electrons. The first kappa shape index (κ1) is 9.60. The van der Waals surface area contributed by atoms with Crippen molar-refractivity contribution in [3.05, 3.63) is 12.1 Å². The minimum absolute atomic E-state index is 0.222. The van der Waals surface area contributed by atoms with Gasteiger partial charge in [-0.15, -0.1) is 4.52 Å². The zero-order chi connectivity index (χ0) is 7.98. The summed E-state index contributed by atoms with van der Waals surface area (Å²) < 4.78 is 20.4. The van der Waals surface area contributed by atoms with Crippen LogP contribution in [0, 0.1) is 0 Å². The van der Waals surface area contributed by atoms with Crippen molar-refractivity contribution in [2.24, 2.45) is 0 Å². The van der Waals surface area contributed by atoms with Gasteiger partial charge in [0.2, 0.25) is 0 Å². The Morgan fingerprint density at radius 2 is 2.10 bits per heavy atom. The van der Waals surface area contributed by atoms with E-state index in [1.54, 1.807) is 13.8 Å². The topological polar surface area (TPSA) is 35.5 Å². The highest BCUT2D eigenvalue weighted by Gasteiger charge is 2.24. The summed E-state index contributed by atoms with van der Waals surface area (Å²) >= 11 is 0. The average Bonchev–Trinajstić information content (AvgIpc) is 1.89. The molecule has 0 saturated heterocycles. The summed E-state index contributed by atoms with van der Waals surface area (Å²) in [6.07, 6.45) is 0. The first-order valence-corrected chi connectivity index (χ1v) is 4.32. The van der Waals surface area contributed by atoms with Gasteiger partial charge in [-0.25, -0.2) is 0 Å². The molecule has 0 N–H and O–H groups in total. The molecule has 58 valence electrons. The third kappa shape index (κ3) is 3.59. The third-order valence-corrected chi connectivity index (χ3v) is 1.79. The van der Waals surface area contributed by atoms with E-state index in [2.05, 4.69) is 6.58 Å². The second kappa shape index (κ2) is 5.39. The summed E-state index contributed by atoms with van der Waals surface area (Å²) in [4.78, 5) is 0. The molecule has 4 heteroatoms. The molecule has 0 bridgehead atoms. The van der Waals surface area contributed by atoms with Gasteiger partial charge in [0.1, 0.15) is 6.61 Å². The first-order chi connectivity index (χ1) is 4.72. The van der Waals surface area contributed by atoms with Crippen LogP contribution < -0.4 is 0 Å². The SMILES string of the molecule is C=C(OCC)[P+](=O)OCC. The van der Waals surface area contributed by atoms with Gasteiger partial charge in [0.15, 0.2) is 0 Å². The van der Waals surface area contributed by atoms with Crippen LogP contribution >= 0.6 is 8.03 Å². The molecular formula is C6H12O3P+. The lowest BCUT2D eigenvalue weighted by Crippen LogP contribution is -1.87. The van der Waals surface area contributed by atoms with Crippen molar-refractivity contribution < 1.29 is 13.8 Å². The van der Waals surface area contributed by atoms with Crippen molar-refractivity contribution in [1.82, 2.24) is 0 Å². The van der Waals surface area contributed by atoms with Crippen molar-refractivity contribution in [3.8, 4) is 0 Å². The van der Waals surface area contributed by atoms with Crippen LogP contribution in [0.4, 0.5) is 0 Å². The molecule has 10 heavy (non-hydrogen) atoms. The van der Waals surface area contributed by atoms with Crippen LogP contribution in [0.15, 0.2) is 12.1 Å². The Hall–Kier alpha value is -0.400. The van der Waals surface area contributed by atoms with Crippen molar-refractivity contribution >= 4 is 8.03 Å². The standard InChI is InChI=1S/C6H12O3P/c1-4-8-6(3)10(7)9-5-2/h3-5H2,1-2H3/q+1. The largest absolute Gasteiger partial charge is 0.587 e. The smallest absolute Gasteiger partial charge is 0.457 e.